The number of hydrogen-bond acceptors (Lipinski definition) is 3. The van der Waals surface area contributed by atoms with Gasteiger partial charge in [-0.15, -0.1) is 0 Å². The van der Waals surface area contributed by atoms with Gasteiger partial charge in [0.25, 0.3) is 5.91 Å². The van der Waals surface area contributed by atoms with E-state index in [1.165, 1.54) is 5.56 Å². The van der Waals surface area contributed by atoms with Crippen molar-refractivity contribution in [1.82, 2.24) is 5.32 Å². The van der Waals surface area contributed by atoms with E-state index >= 15 is 0 Å². The number of benzene rings is 2. The molecule has 0 aromatic heterocycles. The summed E-state index contributed by atoms with van der Waals surface area (Å²) in [5.74, 6) is 1.45. The van der Waals surface area contributed by atoms with E-state index < -0.39 is 0 Å². The van der Waals surface area contributed by atoms with E-state index in [0.29, 0.717) is 6.54 Å². The van der Waals surface area contributed by atoms with Crippen molar-refractivity contribution in [2.24, 2.45) is 0 Å². The van der Waals surface area contributed by atoms with Crippen LogP contribution in [0, 0.1) is 20.8 Å². The molecule has 0 radical (unpaired) electrons. The molecule has 0 saturated heterocycles. The maximum atomic E-state index is 11.9. The first-order valence-corrected chi connectivity index (χ1v) is 7.60. The van der Waals surface area contributed by atoms with Gasteiger partial charge in [-0.3, -0.25) is 4.79 Å². The molecule has 23 heavy (non-hydrogen) atoms. The molecule has 0 heterocycles. The Morgan fingerprint density at radius 3 is 2.22 bits per heavy atom. The molecule has 0 saturated carbocycles. The van der Waals surface area contributed by atoms with Crippen molar-refractivity contribution in [3.8, 4) is 11.5 Å². The van der Waals surface area contributed by atoms with Gasteiger partial charge in [-0.25, -0.2) is 0 Å². The summed E-state index contributed by atoms with van der Waals surface area (Å²) in [6, 6.07) is 11.7. The van der Waals surface area contributed by atoms with Gasteiger partial charge in [0.2, 0.25) is 0 Å². The maximum absolute atomic E-state index is 11.9. The molecule has 2 rings (SSSR count). The maximum Gasteiger partial charge on any atom is 0.258 e. The summed E-state index contributed by atoms with van der Waals surface area (Å²) in [4.78, 5) is 11.9. The Hall–Kier alpha value is -2.49. The van der Waals surface area contributed by atoms with E-state index in [1.54, 1.807) is 7.11 Å². The molecule has 2 aromatic carbocycles. The van der Waals surface area contributed by atoms with Crippen molar-refractivity contribution in [1.29, 1.82) is 0 Å². The van der Waals surface area contributed by atoms with Gasteiger partial charge in [-0.05, 0) is 49.6 Å². The number of aryl methyl sites for hydroxylation is 3. The average Bonchev–Trinajstić information content (AvgIpc) is 2.52. The molecule has 0 fully saturated rings. The number of amides is 1. The first kappa shape index (κ1) is 16.9. The molecule has 0 aliphatic heterocycles. The van der Waals surface area contributed by atoms with Crippen molar-refractivity contribution in [2.45, 2.75) is 27.3 Å². The smallest absolute Gasteiger partial charge is 0.258 e. The van der Waals surface area contributed by atoms with Crippen molar-refractivity contribution in [3.63, 3.8) is 0 Å². The fourth-order valence-electron chi connectivity index (χ4n) is 2.53. The summed E-state index contributed by atoms with van der Waals surface area (Å²) in [6.07, 6.45) is 0. The van der Waals surface area contributed by atoms with E-state index in [-0.39, 0.29) is 12.5 Å². The highest BCUT2D eigenvalue weighted by atomic mass is 16.5. The molecular formula is C19H23NO3. The van der Waals surface area contributed by atoms with Crippen LogP contribution in [0.25, 0.3) is 0 Å². The van der Waals surface area contributed by atoms with Gasteiger partial charge in [0.1, 0.15) is 11.5 Å². The van der Waals surface area contributed by atoms with E-state index in [9.17, 15) is 4.79 Å². The molecule has 0 aliphatic rings. The van der Waals surface area contributed by atoms with Crippen LogP contribution in [0.1, 0.15) is 22.3 Å². The Labute approximate surface area is 137 Å². The molecule has 4 heteroatoms. The summed E-state index contributed by atoms with van der Waals surface area (Å²) in [6.45, 7) is 6.51. The Balaban J connectivity index is 1.85. The summed E-state index contributed by atoms with van der Waals surface area (Å²) in [5.41, 5.74) is 4.30. The molecule has 0 unspecified atom stereocenters. The van der Waals surface area contributed by atoms with Crippen LogP contribution in [-0.4, -0.2) is 19.6 Å². The van der Waals surface area contributed by atoms with Crippen LogP contribution in [0.4, 0.5) is 0 Å². The Morgan fingerprint density at radius 2 is 1.65 bits per heavy atom. The number of carbonyl (C=O) groups excluding carboxylic acids is 1. The molecule has 1 amide bonds. The summed E-state index contributed by atoms with van der Waals surface area (Å²) >= 11 is 0. The van der Waals surface area contributed by atoms with Crippen molar-refractivity contribution >= 4 is 5.91 Å². The van der Waals surface area contributed by atoms with E-state index in [2.05, 4.69) is 17.4 Å². The number of ether oxygens (including phenoxy) is 2. The predicted molar refractivity (Wildman–Crippen MR) is 91.0 cm³/mol. The lowest BCUT2D eigenvalue weighted by atomic mass is 10.1. The van der Waals surface area contributed by atoms with E-state index in [1.807, 2.05) is 45.0 Å². The third-order valence-electron chi connectivity index (χ3n) is 3.60. The summed E-state index contributed by atoms with van der Waals surface area (Å²) in [7, 11) is 1.63. The quantitative estimate of drug-likeness (QED) is 0.890. The van der Waals surface area contributed by atoms with Crippen LogP contribution in [0.15, 0.2) is 36.4 Å². The van der Waals surface area contributed by atoms with E-state index in [0.717, 1.165) is 28.2 Å². The highest BCUT2D eigenvalue weighted by Crippen LogP contribution is 2.24. The normalized spacial score (nSPS) is 10.3. The third-order valence-corrected chi connectivity index (χ3v) is 3.60. The second-order valence-electron chi connectivity index (χ2n) is 5.64. The standard InChI is InChI=1S/C19H23NO3/c1-13-9-14(2)19(15(3)10-13)23-12-18(21)20-11-16-5-7-17(22-4)8-6-16/h5-10H,11-12H2,1-4H3,(H,20,21). The van der Waals surface area contributed by atoms with Crippen LogP contribution < -0.4 is 14.8 Å². The number of hydrogen-bond donors (Lipinski definition) is 1. The highest BCUT2D eigenvalue weighted by Gasteiger charge is 2.08. The Kier molecular flexibility index (Phi) is 5.63. The van der Waals surface area contributed by atoms with Crippen LogP contribution >= 0.6 is 0 Å². The zero-order valence-corrected chi connectivity index (χ0v) is 14.1. The molecule has 2 aromatic rings. The van der Waals surface area contributed by atoms with Crippen molar-refractivity contribution in [3.05, 3.63) is 58.7 Å². The van der Waals surface area contributed by atoms with Gasteiger partial charge in [0.05, 0.1) is 7.11 Å². The summed E-state index contributed by atoms with van der Waals surface area (Å²) in [5, 5.41) is 2.85. The summed E-state index contributed by atoms with van der Waals surface area (Å²) < 4.78 is 10.8. The lowest BCUT2D eigenvalue weighted by Crippen LogP contribution is -2.28. The number of nitrogens with one attached hydrogen (secondary N) is 1. The topological polar surface area (TPSA) is 47.6 Å². The zero-order valence-electron chi connectivity index (χ0n) is 14.1. The fraction of sp³-hybridized carbons (Fsp3) is 0.316. The molecule has 0 spiro atoms. The fourth-order valence-corrected chi connectivity index (χ4v) is 2.53. The molecule has 122 valence electrons. The number of rotatable bonds is 6. The first-order chi connectivity index (χ1) is 11.0. The molecule has 4 nitrogen and oxygen atoms in total. The lowest BCUT2D eigenvalue weighted by molar-refractivity contribution is -0.123. The van der Waals surface area contributed by atoms with Gasteiger partial charge in [0, 0.05) is 6.54 Å². The van der Waals surface area contributed by atoms with Gasteiger partial charge >= 0.3 is 0 Å². The minimum Gasteiger partial charge on any atom is -0.497 e. The minimum absolute atomic E-state index is 0.0148. The zero-order chi connectivity index (χ0) is 16.8. The molecule has 0 atom stereocenters. The predicted octanol–water partition coefficient (Wildman–Crippen LogP) is 3.32. The van der Waals surface area contributed by atoms with Crippen molar-refractivity contribution < 1.29 is 14.3 Å². The Morgan fingerprint density at radius 1 is 1.04 bits per heavy atom. The third kappa shape index (κ3) is 4.74. The highest BCUT2D eigenvalue weighted by molar-refractivity contribution is 5.77. The van der Waals surface area contributed by atoms with Gasteiger partial charge in [0.15, 0.2) is 6.61 Å². The van der Waals surface area contributed by atoms with Crippen LogP contribution in [-0.2, 0) is 11.3 Å². The lowest BCUT2D eigenvalue weighted by Gasteiger charge is -2.13. The molecule has 0 bridgehead atoms. The second-order valence-corrected chi connectivity index (χ2v) is 5.64. The molecular weight excluding hydrogens is 290 g/mol. The van der Waals surface area contributed by atoms with Crippen molar-refractivity contribution in [2.75, 3.05) is 13.7 Å². The van der Waals surface area contributed by atoms with Crippen LogP contribution in [0.5, 0.6) is 11.5 Å². The van der Waals surface area contributed by atoms with Crippen LogP contribution in [0.2, 0.25) is 0 Å². The Bertz CT molecular complexity index is 655. The monoisotopic (exact) mass is 313 g/mol. The van der Waals surface area contributed by atoms with Crippen LogP contribution in [0.3, 0.4) is 0 Å². The average molecular weight is 313 g/mol. The largest absolute Gasteiger partial charge is 0.497 e. The molecule has 1 N–H and O–H groups in total. The van der Waals surface area contributed by atoms with Gasteiger partial charge < -0.3 is 14.8 Å². The number of carbonyl (C=O) groups is 1. The molecule has 0 aliphatic carbocycles. The van der Waals surface area contributed by atoms with Gasteiger partial charge in [-0.1, -0.05) is 29.8 Å². The second kappa shape index (κ2) is 7.68. The van der Waals surface area contributed by atoms with E-state index in [4.69, 9.17) is 9.47 Å². The minimum atomic E-state index is -0.139. The first-order valence-electron chi connectivity index (χ1n) is 7.60. The van der Waals surface area contributed by atoms with Gasteiger partial charge in [-0.2, -0.15) is 0 Å². The number of methoxy groups -OCH3 is 1. The SMILES string of the molecule is COc1ccc(CNC(=O)COc2c(C)cc(C)cc2C)cc1.